The van der Waals surface area contributed by atoms with Crippen LogP contribution in [0.5, 0.6) is 0 Å². The highest BCUT2D eigenvalue weighted by molar-refractivity contribution is 7.84. The third-order valence-corrected chi connectivity index (χ3v) is 4.43. The number of fused-ring (bicyclic) bond motifs is 1. The summed E-state index contributed by atoms with van der Waals surface area (Å²) < 4.78 is 27.8. The van der Waals surface area contributed by atoms with Gasteiger partial charge >= 0.3 is 10.3 Å². The third-order valence-electron chi connectivity index (χ3n) is 3.96. The molecular formula is C11H16N6O5S. The van der Waals surface area contributed by atoms with Gasteiger partial charge in [-0.15, -0.1) is 0 Å². The van der Waals surface area contributed by atoms with E-state index in [1.54, 1.807) is 4.57 Å². The van der Waals surface area contributed by atoms with Crippen LogP contribution in [0.15, 0.2) is 12.7 Å². The molecule has 6 N–H and O–H groups in total. The van der Waals surface area contributed by atoms with Crippen LogP contribution in [0.1, 0.15) is 12.5 Å². The second kappa shape index (κ2) is 5.65. The van der Waals surface area contributed by atoms with Crippen LogP contribution >= 0.6 is 0 Å². The molecule has 1 saturated carbocycles. The summed E-state index contributed by atoms with van der Waals surface area (Å²) in [6.07, 6.45) is 0.665. The van der Waals surface area contributed by atoms with Crippen LogP contribution < -0.4 is 10.9 Å². The zero-order valence-electron chi connectivity index (χ0n) is 11.8. The molecule has 0 unspecified atom stereocenters. The Kier molecular flexibility index (Phi) is 3.93. The first-order chi connectivity index (χ1) is 10.8. The van der Waals surface area contributed by atoms with Gasteiger partial charge in [-0.05, 0) is 6.42 Å². The second-order valence-electron chi connectivity index (χ2n) is 5.40. The van der Waals surface area contributed by atoms with Gasteiger partial charge in [0.2, 0.25) is 0 Å². The number of rotatable bonds is 4. The molecule has 23 heavy (non-hydrogen) atoms. The van der Waals surface area contributed by atoms with Crippen molar-refractivity contribution in [2.75, 3.05) is 12.3 Å². The maximum atomic E-state index is 10.9. The van der Waals surface area contributed by atoms with Crippen molar-refractivity contribution in [2.24, 2.45) is 11.1 Å². The van der Waals surface area contributed by atoms with E-state index in [1.807, 2.05) is 0 Å². The zero-order valence-corrected chi connectivity index (χ0v) is 12.7. The number of nitrogen functional groups attached to an aromatic ring is 1. The SMILES string of the molecule is Nc1ncnc2c1ncn2[C@@H]1C[C@H](COS(N)(=O)=O)[C@@H](O)[C@H]1O. The van der Waals surface area contributed by atoms with Crippen LogP contribution in [0, 0.1) is 5.92 Å². The maximum Gasteiger partial charge on any atom is 0.333 e. The van der Waals surface area contributed by atoms with Crippen molar-refractivity contribution >= 4 is 27.3 Å². The molecule has 1 aliphatic rings. The van der Waals surface area contributed by atoms with Crippen molar-refractivity contribution in [3.63, 3.8) is 0 Å². The van der Waals surface area contributed by atoms with Gasteiger partial charge in [-0.1, -0.05) is 0 Å². The molecule has 0 aromatic carbocycles. The molecule has 0 bridgehead atoms. The standard InChI is InChI=1S/C11H16N6O5S/c12-10-7-11(15-3-14-10)17(4-16-7)6-1-5(8(18)9(6)19)2-22-23(13,20)21/h3-6,8-9,18-19H,1-2H2,(H2,12,14,15)(H2,13,20,21)/t5-,6-,8-,9+/m1/s1. The Morgan fingerprint density at radius 3 is 2.74 bits per heavy atom. The largest absolute Gasteiger partial charge is 0.390 e. The number of nitrogens with zero attached hydrogens (tertiary/aromatic N) is 4. The van der Waals surface area contributed by atoms with E-state index in [-0.39, 0.29) is 18.8 Å². The molecule has 0 aliphatic heterocycles. The van der Waals surface area contributed by atoms with Gasteiger partial charge in [0.05, 0.1) is 25.1 Å². The fourth-order valence-corrected chi connectivity index (χ4v) is 3.20. The van der Waals surface area contributed by atoms with E-state index in [4.69, 9.17) is 10.9 Å². The normalized spacial score (nSPS) is 28.5. The summed E-state index contributed by atoms with van der Waals surface area (Å²) in [6.45, 7) is -0.322. The van der Waals surface area contributed by atoms with Crippen molar-refractivity contribution in [3.05, 3.63) is 12.7 Å². The minimum absolute atomic E-state index is 0.205. The summed E-state index contributed by atoms with van der Waals surface area (Å²) in [7, 11) is -4.11. The molecule has 0 spiro atoms. The van der Waals surface area contributed by atoms with Crippen molar-refractivity contribution in [1.82, 2.24) is 19.5 Å². The summed E-state index contributed by atoms with van der Waals surface area (Å²) in [5.74, 6) is -0.402. The van der Waals surface area contributed by atoms with Gasteiger partial charge in [0.1, 0.15) is 17.9 Å². The fraction of sp³-hybridized carbons (Fsp3) is 0.545. The first-order valence-electron chi connectivity index (χ1n) is 6.74. The lowest BCUT2D eigenvalue weighted by atomic mass is 10.1. The molecule has 12 heteroatoms. The number of aliphatic hydroxyl groups excluding tert-OH is 2. The lowest BCUT2D eigenvalue weighted by Gasteiger charge is -2.18. The van der Waals surface area contributed by atoms with E-state index in [0.29, 0.717) is 11.2 Å². The van der Waals surface area contributed by atoms with Gasteiger partial charge in [0.25, 0.3) is 0 Å². The van der Waals surface area contributed by atoms with Gasteiger partial charge in [-0.3, -0.25) is 4.18 Å². The zero-order chi connectivity index (χ0) is 16.8. The van der Waals surface area contributed by atoms with E-state index in [0.717, 1.165) is 0 Å². The van der Waals surface area contributed by atoms with Crippen LogP contribution in [0.2, 0.25) is 0 Å². The molecule has 11 nitrogen and oxygen atoms in total. The minimum atomic E-state index is -4.11. The first kappa shape index (κ1) is 16.0. The number of aliphatic hydroxyl groups is 2. The maximum absolute atomic E-state index is 10.9. The molecule has 4 atom stereocenters. The lowest BCUT2D eigenvalue weighted by Crippen LogP contribution is -2.31. The van der Waals surface area contributed by atoms with Crippen molar-refractivity contribution < 1.29 is 22.8 Å². The Morgan fingerprint density at radius 2 is 2.04 bits per heavy atom. The van der Waals surface area contributed by atoms with E-state index < -0.39 is 34.5 Å². The average Bonchev–Trinajstić information content (AvgIpc) is 3.01. The number of hydrogen-bond donors (Lipinski definition) is 4. The highest BCUT2D eigenvalue weighted by Crippen LogP contribution is 2.37. The molecule has 1 aliphatic carbocycles. The Hall–Kier alpha value is -1.86. The van der Waals surface area contributed by atoms with Crippen LogP contribution in [0.3, 0.4) is 0 Å². The summed E-state index contributed by atoms with van der Waals surface area (Å²) in [4.78, 5) is 12.0. The number of nitrogens with two attached hydrogens (primary N) is 2. The lowest BCUT2D eigenvalue weighted by molar-refractivity contribution is -0.000990. The molecule has 126 valence electrons. The molecule has 0 saturated heterocycles. The van der Waals surface area contributed by atoms with Gasteiger partial charge in [0, 0.05) is 5.92 Å². The minimum Gasteiger partial charge on any atom is -0.390 e. The molecule has 0 amide bonds. The molecule has 0 radical (unpaired) electrons. The molecule has 2 heterocycles. The van der Waals surface area contributed by atoms with Crippen LogP contribution in [0.4, 0.5) is 5.82 Å². The van der Waals surface area contributed by atoms with E-state index in [9.17, 15) is 18.6 Å². The van der Waals surface area contributed by atoms with Crippen molar-refractivity contribution in [2.45, 2.75) is 24.7 Å². The highest BCUT2D eigenvalue weighted by atomic mass is 32.2. The third kappa shape index (κ3) is 2.98. The first-order valence-corrected chi connectivity index (χ1v) is 8.21. The topological polar surface area (TPSA) is 179 Å². The van der Waals surface area contributed by atoms with Gasteiger partial charge in [-0.25, -0.2) is 20.1 Å². The number of aromatic nitrogens is 4. The van der Waals surface area contributed by atoms with E-state index in [2.05, 4.69) is 19.1 Å². The Labute approximate surface area is 131 Å². The van der Waals surface area contributed by atoms with E-state index in [1.165, 1.54) is 12.7 Å². The summed E-state index contributed by atoms with van der Waals surface area (Å²) in [5, 5.41) is 25.1. The van der Waals surface area contributed by atoms with Gasteiger partial charge in [0.15, 0.2) is 11.5 Å². The molecule has 3 rings (SSSR count). The molecule has 1 fully saturated rings. The van der Waals surface area contributed by atoms with Crippen LogP contribution in [-0.2, 0) is 14.5 Å². The van der Waals surface area contributed by atoms with E-state index >= 15 is 0 Å². The van der Waals surface area contributed by atoms with Crippen LogP contribution in [-0.4, -0.2) is 57.0 Å². The predicted molar refractivity (Wildman–Crippen MR) is 78.0 cm³/mol. The number of hydrogen-bond acceptors (Lipinski definition) is 9. The smallest absolute Gasteiger partial charge is 0.333 e. The summed E-state index contributed by atoms with van der Waals surface area (Å²) in [5.41, 5.74) is 6.52. The summed E-state index contributed by atoms with van der Waals surface area (Å²) >= 11 is 0. The van der Waals surface area contributed by atoms with Crippen molar-refractivity contribution in [3.8, 4) is 0 Å². The average molecular weight is 344 g/mol. The van der Waals surface area contributed by atoms with Gasteiger partial charge in [-0.2, -0.15) is 8.42 Å². The van der Waals surface area contributed by atoms with Gasteiger partial charge < -0.3 is 20.5 Å². The Morgan fingerprint density at radius 1 is 1.30 bits per heavy atom. The molecular weight excluding hydrogens is 328 g/mol. The number of anilines is 1. The molecule has 2 aromatic rings. The second-order valence-corrected chi connectivity index (χ2v) is 6.63. The number of imidazole rings is 1. The highest BCUT2D eigenvalue weighted by Gasteiger charge is 2.43. The quantitative estimate of drug-likeness (QED) is 0.483. The summed E-state index contributed by atoms with van der Waals surface area (Å²) in [6, 6.07) is -0.557. The predicted octanol–water partition coefficient (Wildman–Crippen LogP) is -2.09. The van der Waals surface area contributed by atoms with Crippen LogP contribution in [0.25, 0.3) is 11.2 Å². The fourth-order valence-electron chi connectivity index (χ4n) is 2.84. The Bertz CT molecular complexity index is 823. The monoisotopic (exact) mass is 344 g/mol. The van der Waals surface area contributed by atoms with Crippen molar-refractivity contribution in [1.29, 1.82) is 0 Å². The molecule has 2 aromatic heterocycles. The Balaban J connectivity index is 1.86.